The zero-order valence-corrected chi connectivity index (χ0v) is 21.3. The number of methoxy groups -OCH3 is 1. The Hall–Kier alpha value is -1.52. The summed E-state index contributed by atoms with van der Waals surface area (Å²) in [7, 11) is 1.58. The van der Waals surface area contributed by atoms with Crippen molar-refractivity contribution in [2.24, 2.45) is 0 Å². The van der Waals surface area contributed by atoms with E-state index in [0.29, 0.717) is 23.0 Å². The Balaban J connectivity index is 1.83. The number of halogens is 2. The van der Waals surface area contributed by atoms with Crippen molar-refractivity contribution in [2.75, 3.05) is 7.11 Å². The number of carbonyl (C=O) groups is 2. The Morgan fingerprint density at radius 3 is 2.57 bits per heavy atom. The molecule has 3 rings (SSSR count). The van der Waals surface area contributed by atoms with Gasteiger partial charge in [-0.15, -0.1) is 0 Å². The summed E-state index contributed by atoms with van der Waals surface area (Å²) in [6, 6.07) is 11.5. The fourth-order valence-corrected chi connectivity index (χ4v) is 4.87. The molecule has 1 saturated heterocycles. The van der Waals surface area contributed by atoms with Crippen LogP contribution in [0, 0.1) is 3.57 Å². The number of amides is 2. The van der Waals surface area contributed by atoms with Gasteiger partial charge in [0.1, 0.15) is 6.61 Å². The standard InChI is InChI=1S/C22H21BrINO4S/c1-4-13(2)25-21(26)19(30-22(25)27)11-15-9-17(24)20(18(10-15)28-3)29-12-14-5-7-16(23)8-6-14/h5-11,13H,4,12H2,1-3H3/b19-11+/t13-/m1/s1. The summed E-state index contributed by atoms with van der Waals surface area (Å²) in [4.78, 5) is 26.7. The lowest BCUT2D eigenvalue weighted by Gasteiger charge is -2.19. The molecule has 8 heteroatoms. The molecular formula is C22H21BrINO4S. The van der Waals surface area contributed by atoms with Crippen LogP contribution in [-0.2, 0) is 11.4 Å². The third-order valence-electron chi connectivity index (χ3n) is 4.70. The zero-order chi connectivity index (χ0) is 21.8. The summed E-state index contributed by atoms with van der Waals surface area (Å²) in [5, 5.41) is -0.225. The van der Waals surface area contributed by atoms with Crippen molar-refractivity contribution in [1.29, 1.82) is 0 Å². The van der Waals surface area contributed by atoms with Crippen molar-refractivity contribution in [3.8, 4) is 11.5 Å². The molecule has 0 bridgehead atoms. The Morgan fingerprint density at radius 1 is 1.23 bits per heavy atom. The Labute approximate surface area is 202 Å². The Kier molecular flexibility index (Phi) is 7.86. The SMILES string of the molecule is CC[C@@H](C)N1C(=O)S/C(=C/c2cc(I)c(OCc3ccc(Br)cc3)c(OC)c2)C1=O. The number of hydrogen-bond acceptors (Lipinski definition) is 5. The van der Waals surface area contributed by atoms with Crippen molar-refractivity contribution in [1.82, 2.24) is 4.90 Å². The van der Waals surface area contributed by atoms with Crippen LogP contribution in [0.15, 0.2) is 45.8 Å². The van der Waals surface area contributed by atoms with Gasteiger partial charge >= 0.3 is 0 Å². The molecule has 1 aliphatic heterocycles. The van der Waals surface area contributed by atoms with Gasteiger partial charge in [-0.05, 0) is 89.2 Å². The van der Waals surface area contributed by atoms with Gasteiger partial charge in [0.25, 0.3) is 11.1 Å². The number of imide groups is 1. The number of ether oxygens (including phenoxy) is 2. The number of nitrogens with zero attached hydrogens (tertiary/aromatic N) is 1. The van der Waals surface area contributed by atoms with E-state index in [9.17, 15) is 9.59 Å². The minimum atomic E-state index is -0.246. The fraction of sp³-hybridized carbons (Fsp3) is 0.273. The topological polar surface area (TPSA) is 55.8 Å². The highest BCUT2D eigenvalue weighted by Gasteiger charge is 2.37. The molecule has 1 atom stereocenters. The maximum atomic E-state index is 12.7. The van der Waals surface area contributed by atoms with Crippen molar-refractivity contribution in [2.45, 2.75) is 32.9 Å². The Morgan fingerprint density at radius 2 is 1.93 bits per heavy atom. The molecule has 158 valence electrons. The second-order valence-electron chi connectivity index (χ2n) is 6.76. The van der Waals surface area contributed by atoms with E-state index in [2.05, 4.69) is 38.5 Å². The normalized spacial score (nSPS) is 16.3. The van der Waals surface area contributed by atoms with Crippen LogP contribution in [0.5, 0.6) is 11.5 Å². The van der Waals surface area contributed by atoms with Crippen LogP contribution in [0.4, 0.5) is 4.79 Å². The van der Waals surface area contributed by atoms with E-state index in [-0.39, 0.29) is 17.2 Å². The smallest absolute Gasteiger partial charge is 0.293 e. The summed E-state index contributed by atoms with van der Waals surface area (Å²) < 4.78 is 13.4. The second-order valence-corrected chi connectivity index (χ2v) is 9.83. The quantitative estimate of drug-likeness (QED) is 0.269. The molecule has 2 amide bonds. The lowest BCUT2D eigenvalue weighted by atomic mass is 10.1. The largest absolute Gasteiger partial charge is 0.493 e. The molecule has 1 fully saturated rings. The fourth-order valence-electron chi connectivity index (χ4n) is 2.89. The van der Waals surface area contributed by atoms with E-state index in [1.807, 2.05) is 50.2 Å². The highest BCUT2D eigenvalue weighted by Crippen LogP contribution is 2.38. The van der Waals surface area contributed by atoms with Gasteiger partial charge in [-0.3, -0.25) is 14.5 Å². The molecule has 30 heavy (non-hydrogen) atoms. The first-order valence-corrected chi connectivity index (χ1v) is 12.0. The molecule has 1 heterocycles. The second kappa shape index (κ2) is 10.2. The molecule has 0 radical (unpaired) electrons. The molecule has 0 N–H and O–H groups in total. The lowest BCUT2D eigenvalue weighted by molar-refractivity contribution is -0.124. The summed E-state index contributed by atoms with van der Waals surface area (Å²) in [6.07, 6.45) is 2.46. The van der Waals surface area contributed by atoms with Gasteiger partial charge in [-0.1, -0.05) is 35.0 Å². The van der Waals surface area contributed by atoms with Crippen LogP contribution in [0.2, 0.25) is 0 Å². The monoisotopic (exact) mass is 601 g/mol. The van der Waals surface area contributed by atoms with Crippen molar-refractivity contribution < 1.29 is 19.1 Å². The molecule has 0 spiro atoms. The third kappa shape index (κ3) is 5.20. The number of rotatable bonds is 7. The van der Waals surface area contributed by atoms with E-state index >= 15 is 0 Å². The van der Waals surface area contributed by atoms with Gasteiger partial charge < -0.3 is 9.47 Å². The molecule has 0 aromatic heterocycles. The average molecular weight is 602 g/mol. The van der Waals surface area contributed by atoms with Crippen molar-refractivity contribution in [3.05, 3.63) is 60.5 Å². The third-order valence-corrected chi connectivity index (χ3v) is 6.91. The molecular weight excluding hydrogens is 581 g/mol. The van der Waals surface area contributed by atoms with Gasteiger partial charge in [0, 0.05) is 10.5 Å². The lowest BCUT2D eigenvalue weighted by Crippen LogP contribution is -2.36. The van der Waals surface area contributed by atoms with Crippen LogP contribution in [0.3, 0.4) is 0 Å². The van der Waals surface area contributed by atoms with E-state index in [0.717, 1.165) is 37.4 Å². The first kappa shape index (κ1) is 23.1. The highest BCUT2D eigenvalue weighted by atomic mass is 127. The molecule has 5 nitrogen and oxygen atoms in total. The van der Waals surface area contributed by atoms with E-state index in [1.54, 1.807) is 13.2 Å². The molecule has 0 unspecified atom stereocenters. The van der Waals surface area contributed by atoms with Crippen LogP contribution < -0.4 is 9.47 Å². The van der Waals surface area contributed by atoms with Crippen molar-refractivity contribution >= 4 is 67.5 Å². The maximum absolute atomic E-state index is 12.7. The first-order chi connectivity index (χ1) is 14.3. The number of carbonyl (C=O) groups excluding carboxylic acids is 2. The van der Waals surface area contributed by atoms with Gasteiger partial charge in [0.05, 0.1) is 15.6 Å². The zero-order valence-electron chi connectivity index (χ0n) is 16.8. The number of hydrogen-bond donors (Lipinski definition) is 0. The van der Waals surface area contributed by atoms with Gasteiger partial charge in [-0.25, -0.2) is 0 Å². The molecule has 2 aromatic rings. The van der Waals surface area contributed by atoms with Gasteiger partial charge in [0.15, 0.2) is 11.5 Å². The maximum Gasteiger partial charge on any atom is 0.293 e. The van der Waals surface area contributed by atoms with Gasteiger partial charge in [0.2, 0.25) is 0 Å². The summed E-state index contributed by atoms with van der Waals surface area (Å²) in [5.41, 5.74) is 1.82. The minimum Gasteiger partial charge on any atom is -0.493 e. The van der Waals surface area contributed by atoms with Crippen LogP contribution >= 0.6 is 50.3 Å². The average Bonchev–Trinajstić information content (AvgIpc) is 3.00. The highest BCUT2D eigenvalue weighted by molar-refractivity contribution is 14.1. The summed E-state index contributed by atoms with van der Waals surface area (Å²) >= 11 is 6.59. The predicted molar refractivity (Wildman–Crippen MR) is 132 cm³/mol. The van der Waals surface area contributed by atoms with Crippen molar-refractivity contribution in [3.63, 3.8) is 0 Å². The van der Waals surface area contributed by atoms with Crippen LogP contribution in [-0.4, -0.2) is 29.2 Å². The molecule has 0 aliphatic carbocycles. The number of thioether (sulfide) groups is 1. The van der Waals surface area contributed by atoms with Gasteiger partial charge in [-0.2, -0.15) is 0 Å². The predicted octanol–water partition coefficient (Wildman–Crippen LogP) is 6.48. The summed E-state index contributed by atoms with van der Waals surface area (Å²) in [5.74, 6) is 0.973. The minimum absolute atomic E-state index is 0.118. The van der Waals surface area contributed by atoms with Crippen LogP contribution in [0.1, 0.15) is 31.4 Å². The molecule has 2 aromatic carbocycles. The van der Waals surface area contributed by atoms with E-state index < -0.39 is 0 Å². The first-order valence-electron chi connectivity index (χ1n) is 9.35. The molecule has 1 aliphatic rings. The van der Waals surface area contributed by atoms with E-state index in [1.165, 1.54) is 4.90 Å². The summed E-state index contributed by atoms with van der Waals surface area (Å²) in [6.45, 7) is 4.24. The van der Waals surface area contributed by atoms with Crippen LogP contribution in [0.25, 0.3) is 6.08 Å². The molecule has 0 saturated carbocycles. The van der Waals surface area contributed by atoms with E-state index in [4.69, 9.17) is 9.47 Å². The Bertz CT molecular complexity index is 993. The number of benzene rings is 2.